The Hall–Kier alpha value is -1.59. The number of hydrogen-bond donors (Lipinski definition) is 2. The molecule has 5 nitrogen and oxygen atoms in total. The highest BCUT2D eigenvalue weighted by molar-refractivity contribution is 5.82. The van der Waals surface area contributed by atoms with Crippen LogP contribution in [0.1, 0.15) is 25.8 Å². The van der Waals surface area contributed by atoms with Crippen LogP contribution in [-0.4, -0.2) is 49.8 Å². The zero-order chi connectivity index (χ0) is 15.9. The molecule has 1 rings (SSSR count). The number of hydrogen-bond acceptors (Lipinski definition) is 5. The summed E-state index contributed by atoms with van der Waals surface area (Å²) in [6.45, 7) is 5.58. The maximum Gasteiger partial charge on any atom is 0.330 e. The van der Waals surface area contributed by atoms with Crippen molar-refractivity contribution in [3.63, 3.8) is 0 Å². The van der Waals surface area contributed by atoms with E-state index in [-0.39, 0.29) is 11.7 Å². The number of esters is 1. The highest BCUT2D eigenvalue weighted by Crippen LogP contribution is 2.28. The van der Waals surface area contributed by atoms with E-state index in [0.717, 1.165) is 12.1 Å². The molecule has 0 radical (unpaired) electrons. The van der Waals surface area contributed by atoms with Crippen molar-refractivity contribution >= 4 is 5.97 Å². The molecule has 1 aromatic carbocycles. The fourth-order valence-electron chi connectivity index (χ4n) is 2.26. The largest absolute Gasteiger partial charge is 0.508 e. The molecule has 0 aliphatic rings. The zero-order valence-corrected chi connectivity index (χ0v) is 13.3. The van der Waals surface area contributed by atoms with Crippen molar-refractivity contribution in [3.05, 3.63) is 29.8 Å². The quantitative estimate of drug-likeness (QED) is 0.715. The van der Waals surface area contributed by atoms with Gasteiger partial charge in [-0.2, -0.15) is 0 Å². The number of ether oxygens (including phenoxy) is 1. The molecule has 0 aliphatic heterocycles. The zero-order valence-electron chi connectivity index (χ0n) is 13.3. The van der Waals surface area contributed by atoms with Crippen molar-refractivity contribution in [1.29, 1.82) is 0 Å². The molecule has 0 aliphatic carbocycles. The molecule has 0 bridgehead atoms. The van der Waals surface area contributed by atoms with Gasteiger partial charge in [0.1, 0.15) is 11.3 Å². The van der Waals surface area contributed by atoms with E-state index in [1.807, 2.05) is 21.0 Å². The Bertz CT molecular complexity index is 445. The molecule has 5 heteroatoms. The normalized spacial score (nSPS) is 14.0. The van der Waals surface area contributed by atoms with Crippen LogP contribution in [0.2, 0.25) is 0 Å². The van der Waals surface area contributed by atoms with Crippen LogP contribution in [0.4, 0.5) is 0 Å². The van der Waals surface area contributed by atoms with Crippen LogP contribution in [0.5, 0.6) is 5.75 Å². The average molecular weight is 294 g/mol. The minimum atomic E-state index is -0.875. The number of carbonyl (C=O) groups is 1. The molecular formula is C16H26N2O3. The molecule has 21 heavy (non-hydrogen) atoms. The Kier molecular flexibility index (Phi) is 6.65. The van der Waals surface area contributed by atoms with E-state index in [1.165, 1.54) is 0 Å². The summed E-state index contributed by atoms with van der Waals surface area (Å²) in [6, 6.07) is 6.70. The van der Waals surface area contributed by atoms with E-state index >= 15 is 0 Å². The standard InChI is InChI=1S/C16H26N2O3/c1-5-16(15(20)21-6-2,17-11-12-18(3)4)13-7-9-14(19)10-8-13/h7-10,17,19H,5-6,11-12H2,1-4H3. The SMILES string of the molecule is CCOC(=O)C(CC)(NCCN(C)C)c1ccc(O)cc1. The Morgan fingerprint density at radius 1 is 1.29 bits per heavy atom. The highest BCUT2D eigenvalue weighted by Gasteiger charge is 2.39. The number of nitrogens with one attached hydrogen (secondary N) is 1. The smallest absolute Gasteiger partial charge is 0.330 e. The summed E-state index contributed by atoms with van der Waals surface area (Å²) in [5, 5.41) is 12.8. The molecule has 1 aromatic rings. The summed E-state index contributed by atoms with van der Waals surface area (Å²) in [4.78, 5) is 14.5. The first-order chi connectivity index (χ1) is 9.96. The summed E-state index contributed by atoms with van der Waals surface area (Å²) in [5.41, 5.74) is -0.0697. The summed E-state index contributed by atoms with van der Waals surface area (Å²) in [7, 11) is 3.97. The minimum Gasteiger partial charge on any atom is -0.508 e. The van der Waals surface area contributed by atoms with E-state index < -0.39 is 5.54 Å². The number of aromatic hydroxyl groups is 1. The van der Waals surface area contributed by atoms with Crippen LogP contribution in [0.15, 0.2) is 24.3 Å². The van der Waals surface area contributed by atoms with E-state index in [0.29, 0.717) is 19.6 Å². The number of carbonyl (C=O) groups excluding carboxylic acids is 1. The molecule has 2 N–H and O–H groups in total. The lowest BCUT2D eigenvalue weighted by Gasteiger charge is -2.32. The van der Waals surface area contributed by atoms with Crippen molar-refractivity contribution < 1.29 is 14.6 Å². The van der Waals surface area contributed by atoms with Gasteiger partial charge in [0.05, 0.1) is 6.61 Å². The van der Waals surface area contributed by atoms with Gasteiger partial charge in [0.25, 0.3) is 0 Å². The van der Waals surface area contributed by atoms with Gasteiger partial charge >= 0.3 is 5.97 Å². The van der Waals surface area contributed by atoms with Gasteiger partial charge in [-0.25, -0.2) is 4.79 Å². The predicted octanol–water partition coefficient (Wildman–Crippen LogP) is 1.71. The van der Waals surface area contributed by atoms with Gasteiger partial charge in [-0.1, -0.05) is 19.1 Å². The average Bonchev–Trinajstić information content (AvgIpc) is 2.45. The summed E-state index contributed by atoms with van der Waals surface area (Å²) in [6.07, 6.45) is 0.573. The van der Waals surface area contributed by atoms with Crippen LogP contribution < -0.4 is 5.32 Å². The highest BCUT2D eigenvalue weighted by atomic mass is 16.5. The molecule has 0 amide bonds. The molecule has 0 heterocycles. The molecule has 0 saturated carbocycles. The minimum absolute atomic E-state index is 0.181. The van der Waals surface area contributed by atoms with Crippen molar-refractivity contribution in [2.45, 2.75) is 25.8 Å². The van der Waals surface area contributed by atoms with Gasteiger partial charge in [-0.15, -0.1) is 0 Å². The van der Waals surface area contributed by atoms with Crippen LogP contribution in [-0.2, 0) is 15.1 Å². The lowest BCUT2D eigenvalue weighted by Crippen LogP contribution is -2.51. The molecule has 1 unspecified atom stereocenters. The van der Waals surface area contributed by atoms with Gasteiger partial charge in [0, 0.05) is 13.1 Å². The third-order valence-corrected chi connectivity index (χ3v) is 3.50. The van der Waals surface area contributed by atoms with Crippen molar-refractivity contribution in [1.82, 2.24) is 10.2 Å². The molecule has 0 spiro atoms. The predicted molar refractivity (Wildman–Crippen MR) is 83.3 cm³/mol. The van der Waals surface area contributed by atoms with Crippen LogP contribution >= 0.6 is 0 Å². The van der Waals surface area contributed by atoms with E-state index in [1.54, 1.807) is 31.2 Å². The van der Waals surface area contributed by atoms with Crippen LogP contribution in [0.3, 0.4) is 0 Å². The molecule has 118 valence electrons. The summed E-state index contributed by atoms with van der Waals surface area (Å²) < 4.78 is 5.26. The van der Waals surface area contributed by atoms with Crippen molar-refractivity contribution in [2.24, 2.45) is 0 Å². The Balaban J connectivity index is 3.06. The lowest BCUT2D eigenvalue weighted by molar-refractivity contribution is -0.152. The van der Waals surface area contributed by atoms with E-state index in [9.17, 15) is 9.90 Å². The summed E-state index contributed by atoms with van der Waals surface area (Å²) >= 11 is 0. The third-order valence-electron chi connectivity index (χ3n) is 3.50. The lowest BCUT2D eigenvalue weighted by atomic mass is 9.87. The molecule has 1 atom stereocenters. The molecule has 0 aromatic heterocycles. The third kappa shape index (κ3) is 4.44. The van der Waals surface area contributed by atoms with Crippen molar-refractivity contribution in [2.75, 3.05) is 33.8 Å². The Morgan fingerprint density at radius 3 is 2.38 bits per heavy atom. The fourth-order valence-corrected chi connectivity index (χ4v) is 2.26. The first-order valence-electron chi connectivity index (χ1n) is 7.32. The maximum absolute atomic E-state index is 12.5. The first-order valence-corrected chi connectivity index (χ1v) is 7.32. The monoisotopic (exact) mass is 294 g/mol. The number of rotatable bonds is 8. The summed E-state index contributed by atoms with van der Waals surface area (Å²) in [5.74, 6) is -0.0992. The number of benzene rings is 1. The number of likely N-dealkylation sites (N-methyl/N-ethyl adjacent to an activating group) is 1. The fraction of sp³-hybridized carbons (Fsp3) is 0.562. The van der Waals surface area contributed by atoms with Crippen molar-refractivity contribution in [3.8, 4) is 5.75 Å². The van der Waals surface area contributed by atoms with Gasteiger partial charge in [0.2, 0.25) is 0 Å². The molecule has 0 fully saturated rings. The van der Waals surface area contributed by atoms with E-state index in [4.69, 9.17) is 4.74 Å². The molecular weight excluding hydrogens is 268 g/mol. The number of phenolic OH excluding ortho intramolecular Hbond substituents is 1. The number of phenols is 1. The second-order valence-electron chi connectivity index (χ2n) is 5.26. The molecule has 0 saturated heterocycles. The second-order valence-corrected chi connectivity index (χ2v) is 5.26. The van der Waals surface area contributed by atoms with Crippen LogP contribution in [0, 0.1) is 0 Å². The maximum atomic E-state index is 12.5. The van der Waals surface area contributed by atoms with Gasteiger partial charge in [-0.05, 0) is 45.1 Å². The van der Waals surface area contributed by atoms with Gasteiger partial charge in [-0.3, -0.25) is 5.32 Å². The number of nitrogens with zero attached hydrogens (tertiary/aromatic N) is 1. The van der Waals surface area contributed by atoms with Gasteiger partial charge < -0.3 is 14.7 Å². The second kappa shape index (κ2) is 8.00. The Labute approximate surface area is 126 Å². The first kappa shape index (κ1) is 17.5. The van der Waals surface area contributed by atoms with Crippen LogP contribution in [0.25, 0.3) is 0 Å². The van der Waals surface area contributed by atoms with E-state index in [2.05, 4.69) is 10.2 Å². The topological polar surface area (TPSA) is 61.8 Å². The Morgan fingerprint density at radius 2 is 1.90 bits per heavy atom. The van der Waals surface area contributed by atoms with Gasteiger partial charge in [0.15, 0.2) is 0 Å².